The number of hydrogen-bond donors (Lipinski definition) is 2. The fraction of sp³-hybridized carbons (Fsp3) is 0.200. The lowest BCUT2D eigenvalue weighted by Gasteiger charge is -2.05. The molecule has 0 aliphatic carbocycles. The van der Waals surface area contributed by atoms with Gasteiger partial charge in [-0.05, 0) is 13.0 Å². The number of aryl methyl sites for hydroxylation is 1. The number of pyridine rings is 1. The van der Waals surface area contributed by atoms with Crippen molar-refractivity contribution >= 4 is 40.0 Å². The van der Waals surface area contributed by atoms with E-state index in [0.717, 1.165) is 11.5 Å². The molecule has 0 atom stereocenters. The Morgan fingerprint density at radius 1 is 1.50 bits per heavy atom. The maximum absolute atomic E-state index is 12.0. The van der Waals surface area contributed by atoms with Gasteiger partial charge in [0.05, 0.1) is 10.6 Å². The zero-order valence-corrected chi connectivity index (χ0v) is 11.3. The van der Waals surface area contributed by atoms with Crippen molar-refractivity contribution in [3.63, 3.8) is 0 Å². The lowest BCUT2D eigenvalue weighted by Crippen LogP contribution is -2.13. The lowest BCUT2D eigenvalue weighted by molar-refractivity contribution is 0.102. The highest BCUT2D eigenvalue weighted by Crippen LogP contribution is 2.20. The number of amides is 1. The van der Waals surface area contributed by atoms with E-state index in [4.69, 9.17) is 11.6 Å². The van der Waals surface area contributed by atoms with E-state index in [1.807, 2.05) is 0 Å². The summed E-state index contributed by atoms with van der Waals surface area (Å²) < 4.78 is 3.98. The van der Waals surface area contributed by atoms with Crippen molar-refractivity contribution in [2.75, 3.05) is 17.7 Å². The minimum atomic E-state index is -0.338. The van der Waals surface area contributed by atoms with Crippen LogP contribution in [0.2, 0.25) is 5.02 Å². The topological polar surface area (TPSA) is 79.8 Å². The Labute approximate surface area is 113 Å². The van der Waals surface area contributed by atoms with Crippen molar-refractivity contribution in [3.8, 4) is 0 Å². The van der Waals surface area contributed by atoms with Crippen molar-refractivity contribution in [2.24, 2.45) is 0 Å². The van der Waals surface area contributed by atoms with Gasteiger partial charge in [0, 0.05) is 24.8 Å². The molecule has 8 heteroatoms. The molecule has 0 fully saturated rings. The third kappa shape index (κ3) is 2.74. The molecule has 6 nitrogen and oxygen atoms in total. The number of hydrogen-bond acceptors (Lipinski definition) is 6. The highest BCUT2D eigenvalue weighted by Gasteiger charge is 2.13. The van der Waals surface area contributed by atoms with Gasteiger partial charge < -0.3 is 5.32 Å². The third-order valence-electron chi connectivity index (χ3n) is 2.10. The third-order valence-corrected chi connectivity index (χ3v) is 3.13. The molecule has 2 aromatic rings. The Bertz CT molecular complexity index is 585. The van der Waals surface area contributed by atoms with Crippen LogP contribution in [-0.4, -0.2) is 27.3 Å². The van der Waals surface area contributed by atoms with Crippen LogP contribution in [0.15, 0.2) is 12.3 Å². The maximum Gasteiger partial charge on any atom is 0.259 e. The molecular weight excluding hydrogens is 274 g/mol. The minimum absolute atomic E-state index is 0.285. The summed E-state index contributed by atoms with van der Waals surface area (Å²) in [7, 11) is 1.71. The van der Waals surface area contributed by atoms with E-state index in [2.05, 4.69) is 25.0 Å². The SMILES string of the molecule is CNc1cc(C(=O)Nc2nc(C)ns2)c(Cl)cn1. The van der Waals surface area contributed by atoms with Crippen LogP contribution in [0.5, 0.6) is 0 Å². The molecule has 2 rings (SSSR count). The number of aromatic nitrogens is 3. The molecule has 18 heavy (non-hydrogen) atoms. The van der Waals surface area contributed by atoms with E-state index in [1.54, 1.807) is 20.0 Å². The maximum atomic E-state index is 12.0. The lowest BCUT2D eigenvalue weighted by atomic mass is 10.2. The summed E-state index contributed by atoms with van der Waals surface area (Å²) in [5.41, 5.74) is 0.337. The average molecular weight is 284 g/mol. The van der Waals surface area contributed by atoms with E-state index in [9.17, 15) is 4.79 Å². The van der Waals surface area contributed by atoms with Gasteiger partial charge in [0.1, 0.15) is 11.6 Å². The number of carbonyl (C=O) groups excluding carboxylic acids is 1. The summed E-state index contributed by atoms with van der Waals surface area (Å²) in [5.74, 6) is 0.847. The molecule has 0 aromatic carbocycles. The van der Waals surface area contributed by atoms with Crippen LogP contribution in [-0.2, 0) is 0 Å². The number of anilines is 2. The predicted octanol–water partition coefficient (Wildman–Crippen LogP) is 2.19. The first-order chi connectivity index (χ1) is 8.60. The Morgan fingerprint density at radius 2 is 2.28 bits per heavy atom. The van der Waals surface area contributed by atoms with Gasteiger partial charge in [0.15, 0.2) is 0 Å². The van der Waals surface area contributed by atoms with Crippen LogP contribution < -0.4 is 10.6 Å². The van der Waals surface area contributed by atoms with E-state index >= 15 is 0 Å². The Kier molecular flexibility index (Phi) is 3.73. The quantitative estimate of drug-likeness (QED) is 0.902. The molecule has 0 aliphatic heterocycles. The molecule has 0 saturated carbocycles. The molecule has 2 aromatic heterocycles. The predicted molar refractivity (Wildman–Crippen MR) is 71.4 cm³/mol. The number of nitrogens with one attached hydrogen (secondary N) is 2. The van der Waals surface area contributed by atoms with Crippen LogP contribution in [0.25, 0.3) is 0 Å². The van der Waals surface area contributed by atoms with Crippen LogP contribution in [0.1, 0.15) is 16.2 Å². The van der Waals surface area contributed by atoms with E-state index in [0.29, 0.717) is 22.3 Å². The fourth-order valence-electron chi connectivity index (χ4n) is 1.26. The summed E-state index contributed by atoms with van der Waals surface area (Å²) in [4.78, 5) is 20.1. The highest BCUT2D eigenvalue weighted by molar-refractivity contribution is 7.09. The molecule has 94 valence electrons. The molecule has 0 spiro atoms. The normalized spacial score (nSPS) is 10.2. The number of carbonyl (C=O) groups is 1. The largest absolute Gasteiger partial charge is 0.373 e. The monoisotopic (exact) mass is 283 g/mol. The number of rotatable bonds is 3. The number of halogens is 1. The van der Waals surface area contributed by atoms with Crippen LogP contribution >= 0.6 is 23.1 Å². The van der Waals surface area contributed by atoms with Gasteiger partial charge in [0.25, 0.3) is 5.91 Å². The van der Waals surface area contributed by atoms with E-state index in [-0.39, 0.29) is 10.9 Å². The summed E-state index contributed by atoms with van der Waals surface area (Å²) in [6, 6.07) is 1.57. The van der Waals surface area contributed by atoms with E-state index in [1.165, 1.54) is 6.20 Å². The summed E-state index contributed by atoms with van der Waals surface area (Å²) in [5, 5.41) is 6.21. The molecule has 2 heterocycles. The van der Waals surface area contributed by atoms with Gasteiger partial charge in [-0.25, -0.2) is 9.97 Å². The zero-order valence-electron chi connectivity index (χ0n) is 9.69. The molecule has 0 radical (unpaired) electrons. The van der Waals surface area contributed by atoms with Gasteiger partial charge in [-0.3, -0.25) is 10.1 Å². The summed E-state index contributed by atoms with van der Waals surface area (Å²) in [6.45, 7) is 1.75. The highest BCUT2D eigenvalue weighted by atomic mass is 35.5. The summed E-state index contributed by atoms with van der Waals surface area (Å²) >= 11 is 7.06. The molecular formula is C10H10ClN5OS. The standard InChI is InChI=1S/C10H10ClN5OS/c1-5-14-10(18-16-5)15-9(17)6-3-8(12-2)13-4-7(6)11/h3-4H,1-2H3,(H,12,13)(H,14,15,16,17). The van der Waals surface area contributed by atoms with Gasteiger partial charge in [0.2, 0.25) is 5.13 Å². The first kappa shape index (κ1) is 12.7. The van der Waals surface area contributed by atoms with Gasteiger partial charge in [-0.1, -0.05) is 11.6 Å². The van der Waals surface area contributed by atoms with Gasteiger partial charge in [-0.15, -0.1) is 0 Å². The Balaban J connectivity index is 2.23. The zero-order chi connectivity index (χ0) is 13.1. The second kappa shape index (κ2) is 5.28. The molecule has 0 saturated heterocycles. The van der Waals surface area contributed by atoms with Crippen molar-refractivity contribution < 1.29 is 4.79 Å². The smallest absolute Gasteiger partial charge is 0.259 e. The fourth-order valence-corrected chi connectivity index (χ4v) is 2.02. The van der Waals surface area contributed by atoms with Crippen molar-refractivity contribution in [1.29, 1.82) is 0 Å². The number of nitrogens with zero attached hydrogens (tertiary/aromatic N) is 3. The van der Waals surface area contributed by atoms with Crippen molar-refractivity contribution in [3.05, 3.63) is 28.7 Å². The van der Waals surface area contributed by atoms with Crippen LogP contribution in [0, 0.1) is 6.92 Å². The van der Waals surface area contributed by atoms with Crippen molar-refractivity contribution in [1.82, 2.24) is 14.3 Å². The first-order valence-corrected chi connectivity index (χ1v) is 6.20. The molecule has 0 aliphatic rings. The summed E-state index contributed by atoms with van der Waals surface area (Å²) in [6.07, 6.45) is 1.42. The van der Waals surface area contributed by atoms with Gasteiger partial charge >= 0.3 is 0 Å². The average Bonchev–Trinajstić information content (AvgIpc) is 2.75. The first-order valence-electron chi connectivity index (χ1n) is 5.05. The molecule has 0 bridgehead atoms. The second-order valence-corrected chi connectivity index (χ2v) is 4.56. The van der Waals surface area contributed by atoms with Crippen LogP contribution in [0.3, 0.4) is 0 Å². The van der Waals surface area contributed by atoms with Crippen molar-refractivity contribution in [2.45, 2.75) is 6.92 Å². The Hall–Kier alpha value is -1.73. The van der Waals surface area contributed by atoms with Crippen LogP contribution in [0.4, 0.5) is 10.9 Å². The second-order valence-electron chi connectivity index (χ2n) is 3.40. The Morgan fingerprint density at radius 3 is 2.89 bits per heavy atom. The van der Waals surface area contributed by atoms with Gasteiger partial charge in [-0.2, -0.15) is 4.37 Å². The minimum Gasteiger partial charge on any atom is -0.373 e. The molecule has 1 amide bonds. The van der Waals surface area contributed by atoms with E-state index < -0.39 is 0 Å². The molecule has 0 unspecified atom stereocenters. The molecule has 2 N–H and O–H groups in total.